The molecule has 0 radical (unpaired) electrons. The van der Waals surface area contributed by atoms with Crippen LogP contribution in [-0.4, -0.2) is 11.1 Å². The molecular formula is C14H9NO2. The van der Waals surface area contributed by atoms with E-state index in [0.29, 0.717) is 11.1 Å². The molecule has 1 N–H and O–H groups in total. The van der Waals surface area contributed by atoms with E-state index in [2.05, 4.69) is 0 Å². The maximum absolute atomic E-state index is 11.2. The van der Waals surface area contributed by atoms with E-state index in [4.69, 9.17) is 10.4 Å². The number of hydrogen-bond acceptors (Lipinski definition) is 2. The van der Waals surface area contributed by atoms with E-state index in [1.165, 1.54) is 6.07 Å². The minimum Gasteiger partial charge on any atom is -0.478 e. The van der Waals surface area contributed by atoms with Gasteiger partial charge in [-0.15, -0.1) is 0 Å². The fraction of sp³-hybridized carbons (Fsp3) is 0. The van der Waals surface area contributed by atoms with Crippen LogP contribution < -0.4 is 0 Å². The zero-order valence-electron chi connectivity index (χ0n) is 8.92. The summed E-state index contributed by atoms with van der Waals surface area (Å²) >= 11 is 0. The van der Waals surface area contributed by atoms with E-state index in [0.717, 1.165) is 5.56 Å². The lowest BCUT2D eigenvalue weighted by atomic mass is 9.95. The number of carbonyl (C=O) groups is 1. The standard InChI is InChI=1S/C14H9NO2/c15-9-11-7-4-8-12(14(16)17)13(11)10-5-2-1-3-6-10/h1-8H,(H,16,17). The van der Waals surface area contributed by atoms with Gasteiger partial charge in [0.2, 0.25) is 0 Å². The lowest BCUT2D eigenvalue weighted by molar-refractivity contribution is 0.0697. The Morgan fingerprint density at radius 2 is 1.76 bits per heavy atom. The first kappa shape index (κ1) is 10.9. The summed E-state index contributed by atoms with van der Waals surface area (Å²) in [4.78, 5) is 11.2. The van der Waals surface area contributed by atoms with Crippen molar-refractivity contribution in [2.24, 2.45) is 0 Å². The molecule has 3 heteroatoms. The summed E-state index contributed by atoms with van der Waals surface area (Å²) in [6.07, 6.45) is 0. The molecule has 0 spiro atoms. The highest BCUT2D eigenvalue weighted by Crippen LogP contribution is 2.27. The Labute approximate surface area is 98.6 Å². The van der Waals surface area contributed by atoms with Gasteiger partial charge < -0.3 is 5.11 Å². The van der Waals surface area contributed by atoms with Crippen molar-refractivity contribution in [3.63, 3.8) is 0 Å². The summed E-state index contributed by atoms with van der Waals surface area (Å²) in [7, 11) is 0. The van der Waals surface area contributed by atoms with Crippen molar-refractivity contribution < 1.29 is 9.90 Å². The van der Waals surface area contributed by atoms with E-state index in [-0.39, 0.29) is 5.56 Å². The van der Waals surface area contributed by atoms with Crippen LogP contribution in [0.15, 0.2) is 48.5 Å². The second kappa shape index (κ2) is 4.50. The maximum atomic E-state index is 11.2. The number of carboxylic acids is 1. The van der Waals surface area contributed by atoms with Gasteiger partial charge in [-0.2, -0.15) is 5.26 Å². The number of aromatic carboxylic acids is 1. The van der Waals surface area contributed by atoms with Crippen LogP contribution in [0.25, 0.3) is 11.1 Å². The minimum atomic E-state index is -1.03. The van der Waals surface area contributed by atoms with Gasteiger partial charge in [0.25, 0.3) is 0 Å². The largest absolute Gasteiger partial charge is 0.478 e. The highest BCUT2D eigenvalue weighted by atomic mass is 16.4. The summed E-state index contributed by atoms with van der Waals surface area (Å²) in [5.41, 5.74) is 1.73. The van der Waals surface area contributed by atoms with Crippen molar-refractivity contribution in [3.8, 4) is 17.2 Å². The molecule has 0 aliphatic heterocycles. The fourth-order valence-electron chi connectivity index (χ4n) is 1.74. The van der Waals surface area contributed by atoms with Gasteiger partial charge in [0, 0.05) is 5.56 Å². The summed E-state index contributed by atoms with van der Waals surface area (Å²) in [6.45, 7) is 0. The average Bonchev–Trinajstić information content (AvgIpc) is 2.38. The van der Waals surface area contributed by atoms with Gasteiger partial charge in [-0.05, 0) is 17.7 Å². The quantitative estimate of drug-likeness (QED) is 0.851. The molecule has 2 aromatic rings. The Hall–Kier alpha value is -2.60. The second-order valence-electron chi connectivity index (χ2n) is 3.51. The third-order valence-electron chi connectivity index (χ3n) is 2.48. The summed E-state index contributed by atoms with van der Waals surface area (Å²) in [5.74, 6) is -1.03. The lowest BCUT2D eigenvalue weighted by Gasteiger charge is -2.07. The zero-order chi connectivity index (χ0) is 12.3. The Morgan fingerprint density at radius 3 is 2.35 bits per heavy atom. The molecule has 0 heterocycles. The topological polar surface area (TPSA) is 61.1 Å². The average molecular weight is 223 g/mol. The fourth-order valence-corrected chi connectivity index (χ4v) is 1.74. The Kier molecular flexibility index (Phi) is 2.89. The molecule has 0 bridgehead atoms. The monoisotopic (exact) mass is 223 g/mol. The highest BCUT2D eigenvalue weighted by molar-refractivity contribution is 5.97. The van der Waals surface area contributed by atoms with E-state index in [1.807, 2.05) is 24.3 Å². The smallest absolute Gasteiger partial charge is 0.336 e. The highest BCUT2D eigenvalue weighted by Gasteiger charge is 2.14. The van der Waals surface area contributed by atoms with Gasteiger partial charge in [-0.1, -0.05) is 36.4 Å². The lowest BCUT2D eigenvalue weighted by Crippen LogP contribution is -2.01. The summed E-state index contributed by atoms with van der Waals surface area (Å²) in [6, 6.07) is 15.8. The first-order valence-electron chi connectivity index (χ1n) is 5.06. The molecule has 0 aromatic heterocycles. The minimum absolute atomic E-state index is 0.148. The molecule has 3 nitrogen and oxygen atoms in total. The van der Waals surface area contributed by atoms with Gasteiger partial charge in [-0.25, -0.2) is 4.79 Å². The van der Waals surface area contributed by atoms with E-state index in [1.54, 1.807) is 24.3 Å². The van der Waals surface area contributed by atoms with Crippen molar-refractivity contribution in [1.29, 1.82) is 5.26 Å². The van der Waals surface area contributed by atoms with Gasteiger partial charge in [0.1, 0.15) is 0 Å². The van der Waals surface area contributed by atoms with E-state index >= 15 is 0 Å². The van der Waals surface area contributed by atoms with Crippen LogP contribution in [0.1, 0.15) is 15.9 Å². The number of nitriles is 1. The molecule has 2 rings (SSSR count). The molecule has 82 valence electrons. The van der Waals surface area contributed by atoms with Crippen molar-refractivity contribution in [2.75, 3.05) is 0 Å². The predicted molar refractivity (Wildman–Crippen MR) is 63.6 cm³/mol. The number of rotatable bonds is 2. The van der Waals surface area contributed by atoms with Crippen LogP contribution in [0, 0.1) is 11.3 Å². The van der Waals surface area contributed by atoms with Crippen LogP contribution in [-0.2, 0) is 0 Å². The van der Waals surface area contributed by atoms with Crippen molar-refractivity contribution in [3.05, 3.63) is 59.7 Å². The third-order valence-corrected chi connectivity index (χ3v) is 2.48. The van der Waals surface area contributed by atoms with Crippen molar-refractivity contribution >= 4 is 5.97 Å². The summed E-state index contributed by atoms with van der Waals surface area (Å²) < 4.78 is 0. The summed E-state index contributed by atoms with van der Waals surface area (Å²) in [5, 5.41) is 18.2. The number of nitrogens with zero attached hydrogens (tertiary/aromatic N) is 1. The SMILES string of the molecule is N#Cc1cccc(C(=O)O)c1-c1ccccc1. The Bertz CT molecular complexity index is 597. The Morgan fingerprint density at radius 1 is 1.06 bits per heavy atom. The third kappa shape index (κ3) is 2.01. The molecule has 0 fully saturated rings. The van der Waals surface area contributed by atoms with Crippen molar-refractivity contribution in [2.45, 2.75) is 0 Å². The number of carboxylic acid groups (broad SMARTS) is 1. The Balaban J connectivity index is 2.75. The van der Waals surface area contributed by atoms with E-state index < -0.39 is 5.97 Å². The zero-order valence-corrected chi connectivity index (χ0v) is 8.92. The molecule has 0 saturated carbocycles. The van der Waals surface area contributed by atoms with Crippen LogP contribution >= 0.6 is 0 Å². The molecule has 0 atom stereocenters. The predicted octanol–water partition coefficient (Wildman–Crippen LogP) is 2.92. The molecule has 17 heavy (non-hydrogen) atoms. The van der Waals surface area contributed by atoms with Crippen LogP contribution in [0.5, 0.6) is 0 Å². The first-order valence-corrected chi connectivity index (χ1v) is 5.06. The molecule has 0 amide bonds. The molecule has 0 saturated heterocycles. The van der Waals surface area contributed by atoms with E-state index in [9.17, 15) is 4.79 Å². The second-order valence-corrected chi connectivity index (χ2v) is 3.51. The van der Waals surface area contributed by atoms with Crippen LogP contribution in [0.3, 0.4) is 0 Å². The van der Waals surface area contributed by atoms with Gasteiger partial charge in [0.05, 0.1) is 17.2 Å². The number of benzene rings is 2. The molecule has 0 unspecified atom stereocenters. The molecule has 0 aliphatic rings. The van der Waals surface area contributed by atoms with Gasteiger partial charge >= 0.3 is 5.97 Å². The van der Waals surface area contributed by atoms with Crippen LogP contribution in [0.4, 0.5) is 0 Å². The van der Waals surface area contributed by atoms with Gasteiger partial charge in [-0.3, -0.25) is 0 Å². The van der Waals surface area contributed by atoms with Crippen molar-refractivity contribution in [1.82, 2.24) is 0 Å². The molecule has 0 aliphatic carbocycles. The molecular weight excluding hydrogens is 214 g/mol. The molecule has 2 aromatic carbocycles. The van der Waals surface area contributed by atoms with Crippen LogP contribution in [0.2, 0.25) is 0 Å². The maximum Gasteiger partial charge on any atom is 0.336 e. The normalized spacial score (nSPS) is 9.59. The number of hydrogen-bond donors (Lipinski definition) is 1. The van der Waals surface area contributed by atoms with Gasteiger partial charge in [0.15, 0.2) is 0 Å². The first-order chi connectivity index (χ1) is 8.24.